The first-order valence-electron chi connectivity index (χ1n) is 8.81. The molecule has 25 heavy (non-hydrogen) atoms. The van der Waals surface area contributed by atoms with Gasteiger partial charge in [-0.1, -0.05) is 26.2 Å². The van der Waals surface area contributed by atoms with Crippen molar-refractivity contribution in [3.8, 4) is 0 Å². The highest BCUT2D eigenvalue weighted by atomic mass is 16.5. The van der Waals surface area contributed by atoms with E-state index in [1.165, 1.54) is 0 Å². The molecule has 0 radical (unpaired) electrons. The first-order chi connectivity index (χ1) is 12.0. The molecule has 1 amide bonds. The van der Waals surface area contributed by atoms with Crippen LogP contribution in [0.4, 0.5) is 5.69 Å². The molecule has 0 aromatic heterocycles. The quantitative estimate of drug-likeness (QED) is 0.603. The largest absolute Gasteiger partial charge is 0.550 e. The van der Waals surface area contributed by atoms with Crippen LogP contribution in [0.2, 0.25) is 0 Å². The lowest BCUT2D eigenvalue weighted by molar-refractivity contribution is -0.313. The van der Waals surface area contributed by atoms with E-state index in [0.29, 0.717) is 30.7 Å². The summed E-state index contributed by atoms with van der Waals surface area (Å²) in [7, 11) is 0. The van der Waals surface area contributed by atoms with Crippen LogP contribution in [-0.2, 0) is 14.3 Å². The fraction of sp³-hybridized carbons (Fsp3) is 0.526. The molecule has 1 aromatic rings. The van der Waals surface area contributed by atoms with Gasteiger partial charge in [0.05, 0.1) is 12.2 Å². The van der Waals surface area contributed by atoms with E-state index >= 15 is 0 Å². The highest BCUT2D eigenvalue weighted by molar-refractivity contribution is 5.96. The second-order valence-electron chi connectivity index (χ2n) is 6.37. The molecule has 6 heteroatoms. The number of carboxylic acids is 1. The van der Waals surface area contributed by atoms with Crippen molar-refractivity contribution < 1.29 is 24.2 Å². The number of rotatable bonds is 7. The Bertz CT molecular complexity index is 611. The summed E-state index contributed by atoms with van der Waals surface area (Å²) in [5, 5.41) is 13.9. The lowest BCUT2D eigenvalue weighted by Crippen LogP contribution is -2.42. The van der Waals surface area contributed by atoms with Crippen molar-refractivity contribution in [3.05, 3.63) is 29.8 Å². The summed E-state index contributed by atoms with van der Waals surface area (Å²) in [5.41, 5.74) is 0.942. The van der Waals surface area contributed by atoms with Gasteiger partial charge in [-0.2, -0.15) is 0 Å². The number of carbonyl (C=O) groups is 3. The molecule has 0 unspecified atom stereocenters. The van der Waals surface area contributed by atoms with Gasteiger partial charge in [0.25, 0.3) is 0 Å². The summed E-state index contributed by atoms with van der Waals surface area (Å²) in [6.45, 7) is 2.41. The van der Waals surface area contributed by atoms with Crippen LogP contribution in [0.15, 0.2) is 24.3 Å². The molecular weight excluding hydrogens is 322 g/mol. The number of aliphatic carboxylic acids is 1. The van der Waals surface area contributed by atoms with E-state index in [4.69, 9.17) is 4.74 Å². The molecule has 2 atom stereocenters. The summed E-state index contributed by atoms with van der Waals surface area (Å²) in [4.78, 5) is 35.4. The number of carbonyl (C=O) groups excluding carboxylic acids is 3. The fourth-order valence-electron chi connectivity index (χ4n) is 3.04. The van der Waals surface area contributed by atoms with Crippen LogP contribution in [0.3, 0.4) is 0 Å². The van der Waals surface area contributed by atoms with E-state index in [-0.39, 0.29) is 5.91 Å². The lowest BCUT2D eigenvalue weighted by atomic mass is 9.78. The monoisotopic (exact) mass is 346 g/mol. The zero-order valence-electron chi connectivity index (χ0n) is 14.5. The van der Waals surface area contributed by atoms with Crippen molar-refractivity contribution in [2.24, 2.45) is 11.8 Å². The van der Waals surface area contributed by atoms with Crippen molar-refractivity contribution in [2.75, 3.05) is 11.9 Å². The Hall–Kier alpha value is -2.37. The standard InChI is InChI=1S/C19H25NO5/c1-2-3-12-25-19(24)13-8-10-14(11-9-13)20-17(21)15-6-4-5-7-16(15)18(22)23/h8-11,15-16H,2-7,12H2,1H3,(H,20,21)(H,22,23)/p-1/t15-,16+/m1/s1. The van der Waals surface area contributed by atoms with Crippen molar-refractivity contribution in [1.82, 2.24) is 0 Å². The summed E-state index contributed by atoms with van der Waals surface area (Å²) in [6.07, 6.45) is 4.43. The van der Waals surface area contributed by atoms with Gasteiger partial charge in [-0.15, -0.1) is 0 Å². The van der Waals surface area contributed by atoms with Gasteiger partial charge in [-0.25, -0.2) is 4.79 Å². The van der Waals surface area contributed by atoms with E-state index in [2.05, 4.69) is 5.32 Å². The highest BCUT2D eigenvalue weighted by Crippen LogP contribution is 2.30. The van der Waals surface area contributed by atoms with E-state index in [1.54, 1.807) is 24.3 Å². The zero-order valence-corrected chi connectivity index (χ0v) is 14.5. The van der Waals surface area contributed by atoms with Crippen LogP contribution < -0.4 is 10.4 Å². The van der Waals surface area contributed by atoms with Gasteiger partial charge < -0.3 is 20.0 Å². The second-order valence-corrected chi connectivity index (χ2v) is 6.37. The molecule has 0 saturated heterocycles. The third-order valence-electron chi connectivity index (χ3n) is 4.52. The maximum absolute atomic E-state index is 12.4. The molecule has 6 nitrogen and oxygen atoms in total. The van der Waals surface area contributed by atoms with E-state index in [9.17, 15) is 19.5 Å². The van der Waals surface area contributed by atoms with Crippen molar-refractivity contribution in [1.29, 1.82) is 0 Å². The number of anilines is 1. The fourth-order valence-corrected chi connectivity index (χ4v) is 3.04. The molecule has 1 aliphatic rings. The molecule has 1 aromatic carbocycles. The van der Waals surface area contributed by atoms with Gasteiger partial charge >= 0.3 is 5.97 Å². The summed E-state index contributed by atoms with van der Waals surface area (Å²) in [6, 6.07) is 6.40. The van der Waals surface area contributed by atoms with Gasteiger partial charge in [-0.05, 0) is 43.5 Å². The third-order valence-corrected chi connectivity index (χ3v) is 4.52. The SMILES string of the molecule is CCCCOC(=O)c1ccc(NC(=O)[C@@H]2CCCC[C@@H]2C(=O)[O-])cc1. The Morgan fingerprint density at radius 2 is 1.76 bits per heavy atom. The minimum Gasteiger partial charge on any atom is -0.550 e. The van der Waals surface area contributed by atoms with Crippen LogP contribution in [0.5, 0.6) is 0 Å². The molecule has 0 bridgehead atoms. The van der Waals surface area contributed by atoms with Crippen LogP contribution in [0.25, 0.3) is 0 Å². The van der Waals surface area contributed by atoms with Gasteiger partial charge in [0.2, 0.25) is 5.91 Å². The number of benzene rings is 1. The van der Waals surface area contributed by atoms with Gasteiger partial charge in [0.15, 0.2) is 0 Å². The average Bonchev–Trinajstić information content (AvgIpc) is 2.62. The van der Waals surface area contributed by atoms with Crippen LogP contribution >= 0.6 is 0 Å². The van der Waals surface area contributed by atoms with Crippen LogP contribution in [0.1, 0.15) is 55.8 Å². The molecule has 1 saturated carbocycles. The number of hydrogen-bond acceptors (Lipinski definition) is 5. The number of amides is 1. The highest BCUT2D eigenvalue weighted by Gasteiger charge is 2.31. The summed E-state index contributed by atoms with van der Waals surface area (Å²) >= 11 is 0. The summed E-state index contributed by atoms with van der Waals surface area (Å²) < 4.78 is 5.13. The predicted octanol–water partition coefficient (Wildman–Crippen LogP) is 2.14. The Morgan fingerprint density at radius 1 is 1.12 bits per heavy atom. The molecule has 0 heterocycles. The number of ether oxygens (including phenoxy) is 1. The van der Waals surface area contributed by atoms with Crippen molar-refractivity contribution >= 4 is 23.5 Å². The maximum Gasteiger partial charge on any atom is 0.338 e. The molecule has 0 spiro atoms. The minimum absolute atomic E-state index is 0.313. The van der Waals surface area contributed by atoms with E-state index < -0.39 is 23.8 Å². The molecule has 1 aliphatic carbocycles. The van der Waals surface area contributed by atoms with Crippen LogP contribution in [-0.4, -0.2) is 24.5 Å². The topological polar surface area (TPSA) is 95.5 Å². The molecule has 2 rings (SSSR count). The maximum atomic E-state index is 12.4. The van der Waals surface area contributed by atoms with Crippen molar-refractivity contribution in [2.45, 2.75) is 45.4 Å². The number of hydrogen-bond donors (Lipinski definition) is 1. The smallest absolute Gasteiger partial charge is 0.338 e. The minimum atomic E-state index is -1.16. The summed E-state index contributed by atoms with van der Waals surface area (Å²) in [5.74, 6) is -3.17. The number of esters is 1. The third kappa shape index (κ3) is 5.31. The predicted molar refractivity (Wildman–Crippen MR) is 90.7 cm³/mol. The zero-order chi connectivity index (χ0) is 18.2. The normalized spacial score (nSPS) is 19.9. The number of nitrogens with one attached hydrogen (secondary N) is 1. The van der Waals surface area contributed by atoms with E-state index in [0.717, 1.165) is 25.7 Å². The van der Waals surface area contributed by atoms with Gasteiger partial charge in [0.1, 0.15) is 0 Å². The van der Waals surface area contributed by atoms with Crippen molar-refractivity contribution in [3.63, 3.8) is 0 Å². The lowest BCUT2D eigenvalue weighted by Gasteiger charge is -2.31. The average molecular weight is 346 g/mol. The number of unbranched alkanes of at least 4 members (excludes halogenated alkanes) is 1. The molecular formula is C19H24NO5-. The second kappa shape index (κ2) is 9.20. The first kappa shape index (κ1) is 19.0. The molecule has 1 fully saturated rings. The Labute approximate surface area is 147 Å². The van der Waals surface area contributed by atoms with Gasteiger partial charge in [-0.3, -0.25) is 4.79 Å². The van der Waals surface area contributed by atoms with Gasteiger partial charge in [0, 0.05) is 23.5 Å². The molecule has 0 aliphatic heterocycles. The Morgan fingerprint density at radius 3 is 2.36 bits per heavy atom. The molecule has 136 valence electrons. The molecule has 1 N–H and O–H groups in total. The van der Waals surface area contributed by atoms with Crippen LogP contribution in [0, 0.1) is 11.8 Å². The number of carboxylic acid groups (broad SMARTS) is 1. The first-order valence-corrected chi connectivity index (χ1v) is 8.81. The van der Waals surface area contributed by atoms with E-state index in [1.807, 2.05) is 6.92 Å². The Balaban J connectivity index is 1.94. The Kier molecular flexibility index (Phi) is 6.98.